The lowest BCUT2D eigenvalue weighted by molar-refractivity contribution is -0.137. The molecule has 1 aromatic rings. The van der Waals surface area contributed by atoms with E-state index in [0.29, 0.717) is 12.8 Å². The van der Waals surface area contributed by atoms with Crippen LogP contribution in [0.4, 0.5) is 0 Å². The highest BCUT2D eigenvalue weighted by Gasteiger charge is 2.06. The second kappa shape index (κ2) is 5.90. The summed E-state index contributed by atoms with van der Waals surface area (Å²) in [5.74, 6) is -1.69. The fraction of sp³-hybridized carbons (Fsp3) is 0.333. The van der Waals surface area contributed by atoms with Gasteiger partial charge in [-0.1, -0.05) is 24.3 Å². The molecule has 0 spiro atoms. The molecular formula is C12H14O4. The largest absolute Gasteiger partial charge is 0.481 e. The van der Waals surface area contributed by atoms with Crippen LogP contribution in [0.15, 0.2) is 24.3 Å². The van der Waals surface area contributed by atoms with Crippen molar-refractivity contribution in [1.82, 2.24) is 0 Å². The summed E-state index contributed by atoms with van der Waals surface area (Å²) in [4.78, 5) is 21.0. The maximum absolute atomic E-state index is 10.6. The number of rotatable bonds is 6. The Morgan fingerprint density at radius 3 is 2.19 bits per heavy atom. The monoisotopic (exact) mass is 222 g/mol. The molecule has 0 aliphatic rings. The number of carbonyl (C=O) groups is 2. The summed E-state index contributed by atoms with van der Waals surface area (Å²) in [5, 5.41) is 17.2. The van der Waals surface area contributed by atoms with E-state index in [4.69, 9.17) is 10.2 Å². The van der Waals surface area contributed by atoms with E-state index in [1.165, 1.54) is 0 Å². The van der Waals surface area contributed by atoms with Gasteiger partial charge in [0.25, 0.3) is 0 Å². The lowest BCUT2D eigenvalue weighted by Gasteiger charge is -2.06. The molecule has 16 heavy (non-hydrogen) atoms. The molecule has 0 heterocycles. The molecule has 0 saturated heterocycles. The first kappa shape index (κ1) is 12.2. The average molecular weight is 222 g/mol. The van der Waals surface area contributed by atoms with Crippen molar-refractivity contribution in [2.75, 3.05) is 0 Å². The van der Waals surface area contributed by atoms with Gasteiger partial charge in [0, 0.05) is 6.42 Å². The number of aryl methyl sites for hydroxylation is 1. The van der Waals surface area contributed by atoms with Gasteiger partial charge < -0.3 is 10.2 Å². The van der Waals surface area contributed by atoms with Gasteiger partial charge >= 0.3 is 11.9 Å². The predicted octanol–water partition coefficient (Wildman–Crippen LogP) is 1.72. The first-order chi connectivity index (χ1) is 7.59. The highest BCUT2D eigenvalue weighted by Crippen LogP contribution is 2.12. The van der Waals surface area contributed by atoms with Crippen LogP contribution in [0.1, 0.15) is 24.0 Å². The van der Waals surface area contributed by atoms with Crippen LogP contribution in [0.3, 0.4) is 0 Å². The van der Waals surface area contributed by atoms with E-state index in [2.05, 4.69) is 0 Å². The number of hydrogen-bond donors (Lipinski definition) is 2. The third-order valence-electron chi connectivity index (χ3n) is 2.30. The van der Waals surface area contributed by atoms with Gasteiger partial charge in [0.2, 0.25) is 0 Å². The van der Waals surface area contributed by atoms with E-state index in [1.54, 1.807) is 12.1 Å². The molecule has 0 radical (unpaired) electrons. The van der Waals surface area contributed by atoms with Gasteiger partial charge in [0.05, 0.1) is 6.42 Å². The van der Waals surface area contributed by atoms with Crippen LogP contribution < -0.4 is 0 Å². The molecule has 0 aliphatic carbocycles. The van der Waals surface area contributed by atoms with Crippen LogP contribution >= 0.6 is 0 Å². The van der Waals surface area contributed by atoms with Gasteiger partial charge in [-0.3, -0.25) is 9.59 Å². The van der Waals surface area contributed by atoms with Crippen molar-refractivity contribution < 1.29 is 19.8 Å². The Kier molecular flexibility index (Phi) is 4.51. The Morgan fingerprint density at radius 1 is 1.00 bits per heavy atom. The van der Waals surface area contributed by atoms with E-state index in [0.717, 1.165) is 11.1 Å². The summed E-state index contributed by atoms with van der Waals surface area (Å²) in [6.07, 6.45) is 1.24. The van der Waals surface area contributed by atoms with Gasteiger partial charge in [0.1, 0.15) is 0 Å². The normalized spacial score (nSPS) is 10.0. The molecule has 0 aliphatic heterocycles. The van der Waals surface area contributed by atoms with E-state index < -0.39 is 11.9 Å². The molecular weight excluding hydrogens is 208 g/mol. The number of aliphatic carboxylic acids is 2. The van der Waals surface area contributed by atoms with Crippen molar-refractivity contribution in [3.63, 3.8) is 0 Å². The lowest BCUT2D eigenvalue weighted by atomic mass is 10.00. The van der Waals surface area contributed by atoms with Crippen molar-refractivity contribution in [3.8, 4) is 0 Å². The maximum Gasteiger partial charge on any atom is 0.307 e. The molecule has 1 rings (SSSR count). The van der Waals surface area contributed by atoms with Crippen molar-refractivity contribution in [2.45, 2.75) is 25.7 Å². The Labute approximate surface area is 93.5 Å². The first-order valence-electron chi connectivity index (χ1n) is 5.10. The van der Waals surface area contributed by atoms with Crippen molar-refractivity contribution in [3.05, 3.63) is 35.4 Å². The van der Waals surface area contributed by atoms with E-state index >= 15 is 0 Å². The molecule has 0 bridgehead atoms. The third kappa shape index (κ3) is 4.13. The first-order valence-corrected chi connectivity index (χ1v) is 5.10. The van der Waals surface area contributed by atoms with Crippen molar-refractivity contribution in [1.29, 1.82) is 0 Å². The van der Waals surface area contributed by atoms with Crippen LogP contribution in [-0.2, 0) is 22.4 Å². The highest BCUT2D eigenvalue weighted by molar-refractivity contribution is 5.70. The number of carboxylic acids is 2. The molecule has 0 fully saturated rings. The standard InChI is InChI=1S/C12H14O4/c13-11(14)7-3-6-9-4-1-2-5-10(9)8-12(15)16/h1-2,4-5H,3,6-8H2,(H,13,14)(H,15,16). The number of benzene rings is 1. The molecule has 86 valence electrons. The SMILES string of the molecule is O=C(O)CCCc1ccccc1CC(=O)O. The van der Waals surface area contributed by atoms with E-state index in [9.17, 15) is 9.59 Å². The number of carboxylic acid groups (broad SMARTS) is 2. The summed E-state index contributed by atoms with van der Waals surface area (Å²) < 4.78 is 0. The van der Waals surface area contributed by atoms with Crippen LogP contribution in [0.5, 0.6) is 0 Å². The zero-order chi connectivity index (χ0) is 12.0. The second-order valence-corrected chi connectivity index (χ2v) is 3.59. The lowest BCUT2D eigenvalue weighted by Crippen LogP contribution is -2.04. The Balaban J connectivity index is 2.63. The summed E-state index contributed by atoms with van der Waals surface area (Å²) in [7, 11) is 0. The molecule has 4 nitrogen and oxygen atoms in total. The van der Waals surface area contributed by atoms with E-state index in [1.807, 2.05) is 12.1 Å². The molecule has 0 saturated carbocycles. The van der Waals surface area contributed by atoms with Crippen LogP contribution in [0.2, 0.25) is 0 Å². The number of hydrogen-bond acceptors (Lipinski definition) is 2. The molecule has 0 unspecified atom stereocenters. The molecule has 0 aromatic heterocycles. The summed E-state index contributed by atoms with van der Waals surface area (Å²) in [6.45, 7) is 0. The molecule has 1 aromatic carbocycles. The summed E-state index contributed by atoms with van der Waals surface area (Å²) in [5.41, 5.74) is 1.69. The molecule has 0 atom stereocenters. The smallest absolute Gasteiger partial charge is 0.307 e. The maximum atomic E-state index is 10.6. The van der Waals surface area contributed by atoms with Crippen molar-refractivity contribution in [2.24, 2.45) is 0 Å². The van der Waals surface area contributed by atoms with Gasteiger partial charge in [-0.05, 0) is 24.0 Å². The Hall–Kier alpha value is -1.84. The van der Waals surface area contributed by atoms with Gasteiger partial charge in [-0.15, -0.1) is 0 Å². The zero-order valence-electron chi connectivity index (χ0n) is 8.85. The van der Waals surface area contributed by atoms with Gasteiger partial charge in [0.15, 0.2) is 0 Å². The highest BCUT2D eigenvalue weighted by atomic mass is 16.4. The Morgan fingerprint density at radius 2 is 1.62 bits per heavy atom. The minimum absolute atomic E-state index is 0.0107. The zero-order valence-corrected chi connectivity index (χ0v) is 8.85. The summed E-state index contributed by atoms with van der Waals surface area (Å²) >= 11 is 0. The third-order valence-corrected chi connectivity index (χ3v) is 2.30. The second-order valence-electron chi connectivity index (χ2n) is 3.59. The van der Waals surface area contributed by atoms with Gasteiger partial charge in [-0.25, -0.2) is 0 Å². The Bertz CT molecular complexity index is 384. The van der Waals surface area contributed by atoms with Crippen molar-refractivity contribution >= 4 is 11.9 Å². The molecule has 4 heteroatoms. The van der Waals surface area contributed by atoms with Crippen LogP contribution in [0.25, 0.3) is 0 Å². The average Bonchev–Trinajstić information content (AvgIpc) is 2.19. The predicted molar refractivity (Wildman–Crippen MR) is 58.4 cm³/mol. The minimum Gasteiger partial charge on any atom is -0.481 e. The molecule has 2 N–H and O–H groups in total. The molecule has 0 amide bonds. The van der Waals surface area contributed by atoms with Crippen LogP contribution in [0, 0.1) is 0 Å². The topological polar surface area (TPSA) is 74.6 Å². The summed E-state index contributed by atoms with van der Waals surface area (Å²) in [6, 6.07) is 7.24. The fourth-order valence-corrected chi connectivity index (χ4v) is 1.57. The quantitative estimate of drug-likeness (QED) is 0.768. The fourth-order valence-electron chi connectivity index (χ4n) is 1.57. The van der Waals surface area contributed by atoms with E-state index in [-0.39, 0.29) is 12.8 Å². The minimum atomic E-state index is -0.870. The van der Waals surface area contributed by atoms with Crippen LogP contribution in [-0.4, -0.2) is 22.2 Å². The van der Waals surface area contributed by atoms with Gasteiger partial charge in [-0.2, -0.15) is 0 Å².